The van der Waals surface area contributed by atoms with Crippen molar-refractivity contribution in [1.29, 1.82) is 0 Å². The number of H-pyrrole nitrogens is 1. The second kappa shape index (κ2) is 7.51. The summed E-state index contributed by atoms with van der Waals surface area (Å²) in [5.74, 6) is 0.156. The van der Waals surface area contributed by atoms with E-state index in [0.717, 1.165) is 4.88 Å². The van der Waals surface area contributed by atoms with Crippen molar-refractivity contribution in [2.24, 2.45) is 0 Å². The van der Waals surface area contributed by atoms with Gasteiger partial charge in [-0.15, -0.1) is 11.3 Å². The van der Waals surface area contributed by atoms with E-state index in [0.29, 0.717) is 18.9 Å². The molecule has 116 valence electrons. The number of nitro groups is 1. The van der Waals surface area contributed by atoms with E-state index in [1.165, 1.54) is 6.07 Å². The second-order valence-electron chi connectivity index (χ2n) is 4.53. The van der Waals surface area contributed by atoms with Gasteiger partial charge in [0.15, 0.2) is 6.54 Å². The van der Waals surface area contributed by atoms with E-state index < -0.39 is 4.92 Å². The average molecular weight is 321 g/mol. The summed E-state index contributed by atoms with van der Waals surface area (Å²) in [7, 11) is 0. The molecule has 2 N–H and O–H groups in total. The molecule has 0 aromatic carbocycles. The predicted molar refractivity (Wildman–Crippen MR) is 83.7 cm³/mol. The lowest BCUT2D eigenvalue weighted by Crippen LogP contribution is -2.39. The molecule has 0 radical (unpaired) electrons. The Morgan fingerprint density at radius 1 is 1.45 bits per heavy atom. The number of nitrogens with zero attached hydrogens (tertiary/aromatic N) is 2. The minimum Gasteiger partial charge on any atom is -0.348 e. The van der Waals surface area contributed by atoms with Crippen LogP contribution in [-0.4, -0.2) is 23.9 Å². The Hall–Kier alpha value is -2.48. The fourth-order valence-corrected chi connectivity index (χ4v) is 2.64. The number of hydrogen-bond donors (Lipinski definition) is 1. The van der Waals surface area contributed by atoms with Crippen molar-refractivity contribution >= 4 is 28.7 Å². The van der Waals surface area contributed by atoms with Crippen LogP contribution in [0, 0.1) is 10.1 Å². The number of pyridine rings is 1. The summed E-state index contributed by atoms with van der Waals surface area (Å²) in [6.07, 6.45) is 1.61. The molecule has 0 aliphatic carbocycles. The number of thiophene rings is 1. The van der Waals surface area contributed by atoms with Gasteiger partial charge in [-0.3, -0.25) is 14.9 Å². The number of rotatable bonds is 7. The van der Waals surface area contributed by atoms with Crippen molar-refractivity contribution in [1.82, 2.24) is 5.32 Å². The van der Waals surface area contributed by atoms with E-state index in [1.54, 1.807) is 28.5 Å². The van der Waals surface area contributed by atoms with Crippen molar-refractivity contribution in [3.05, 3.63) is 50.8 Å². The van der Waals surface area contributed by atoms with E-state index in [-0.39, 0.29) is 18.1 Å². The molecule has 0 atom stereocenters. The Labute approximate surface area is 131 Å². The first-order valence-electron chi connectivity index (χ1n) is 6.81. The number of amides is 1. The standard InChI is InChI=1S/C14H16N4O3S/c1-2-17(14-12(18(20)21)6-3-7-15-14)10-13(19)16-9-11-5-4-8-22-11/h3-8H,2,9-10H2,1H3,(H,16,19)/p+1. The van der Waals surface area contributed by atoms with E-state index >= 15 is 0 Å². The van der Waals surface area contributed by atoms with Crippen LogP contribution in [0.5, 0.6) is 0 Å². The highest BCUT2D eigenvalue weighted by molar-refractivity contribution is 7.09. The minimum atomic E-state index is -0.460. The van der Waals surface area contributed by atoms with Crippen LogP contribution in [0.15, 0.2) is 35.8 Å². The zero-order valence-electron chi connectivity index (χ0n) is 12.1. The van der Waals surface area contributed by atoms with Gasteiger partial charge in [-0.05, 0) is 24.4 Å². The smallest absolute Gasteiger partial charge is 0.348 e. The van der Waals surface area contributed by atoms with Crippen molar-refractivity contribution in [2.45, 2.75) is 13.5 Å². The summed E-state index contributed by atoms with van der Waals surface area (Å²) in [6.45, 7) is 2.85. The number of aromatic amines is 1. The van der Waals surface area contributed by atoms with Crippen LogP contribution in [0.25, 0.3) is 0 Å². The van der Waals surface area contributed by atoms with E-state index in [9.17, 15) is 14.9 Å². The van der Waals surface area contributed by atoms with Gasteiger partial charge in [0.1, 0.15) is 0 Å². The maximum atomic E-state index is 12.0. The molecule has 22 heavy (non-hydrogen) atoms. The first kappa shape index (κ1) is 15.9. The molecular formula is C14H17N4O3S+. The zero-order valence-corrected chi connectivity index (χ0v) is 12.9. The molecule has 0 aliphatic heterocycles. The fraction of sp³-hybridized carbons (Fsp3) is 0.286. The molecule has 7 nitrogen and oxygen atoms in total. The zero-order chi connectivity index (χ0) is 15.9. The van der Waals surface area contributed by atoms with Gasteiger partial charge in [0, 0.05) is 10.9 Å². The Morgan fingerprint density at radius 3 is 2.91 bits per heavy atom. The summed E-state index contributed by atoms with van der Waals surface area (Å²) in [5, 5.41) is 15.8. The number of nitrogens with one attached hydrogen (secondary N) is 2. The van der Waals surface area contributed by atoms with E-state index in [4.69, 9.17) is 0 Å². The molecular weight excluding hydrogens is 304 g/mol. The van der Waals surface area contributed by atoms with Crippen LogP contribution in [0.4, 0.5) is 11.5 Å². The molecule has 2 heterocycles. The van der Waals surface area contributed by atoms with Crippen molar-refractivity contribution in [3.63, 3.8) is 0 Å². The van der Waals surface area contributed by atoms with Gasteiger partial charge < -0.3 is 5.32 Å². The largest absolute Gasteiger partial charge is 0.357 e. The van der Waals surface area contributed by atoms with Crippen molar-refractivity contribution in [3.8, 4) is 0 Å². The molecule has 0 unspecified atom stereocenters. The van der Waals surface area contributed by atoms with Crippen molar-refractivity contribution in [2.75, 3.05) is 18.0 Å². The van der Waals surface area contributed by atoms with Crippen LogP contribution in [-0.2, 0) is 11.3 Å². The lowest BCUT2D eigenvalue weighted by molar-refractivity contribution is -0.411. The van der Waals surface area contributed by atoms with E-state index in [2.05, 4.69) is 10.3 Å². The number of carbonyl (C=O) groups excluding carboxylic acids is 1. The van der Waals surface area contributed by atoms with Crippen LogP contribution in [0.1, 0.15) is 11.8 Å². The summed E-state index contributed by atoms with van der Waals surface area (Å²) >= 11 is 1.57. The van der Waals surface area contributed by atoms with Gasteiger partial charge in [-0.1, -0.05) is 6.07 Å². The highest BCUT2D eigenvalue weighted by atomic mass is 32.1. The first-order chi connectivity index (χ1) is 10.6. The molecule has 0 spiro atoms. The highest BCUT2D eigenvalue weighted by Gasteiger charge is 2.27. The average Bonchev–Trinajstić information content (AvgIpc) is 3.04. The third kappa shape index (κ3) is 4.01. The number of likely N-dealkylation sites (N-methyl/N-ethyl adjacent to an activating group) is 1. The maximum absolute atomic E-state index is 12.0. The van der Waals surface area contributed by atoms with Crippen molar-refractivity contribution < 1.29 is 14.7 Å². The lowest BCUT2D eigenvalue weighted by Gasteiger charge is -2.14. The SMILES string of the molecule is CCN(CC(=O)NCc1cccs1)c1[nH+]cccc1[N+](=O)[O-]. The van der Waals surface area contributed by atoms with Gasteiger partial charge in [0.05, 0.1) is 24.2 Å². The quantitative estimate of drug-likeness (QED) is 0.620. The van der Waals surface area contributed by atoms with Crippen LogP contribution >= 0.6 is 11.3 Å². The van der Waals surface area contributed by atoms with E-state index in [1.807, 2.05) is 24.4 Å². The Kier molecular flexibility index (Phi) is 5.42. The van der Waals surface area contributed by atoms with Gasteiger partial charge in [0.2, 0.25) is 0 Å². The molecule has 2 aromatic rings. The molecule has 2 aromatic heterocycles. The van der Waals surface area contributed by atoms with Gasteiger partial charge in [0.25, 0.3) is 5.91 Å². The third-order valence-electron chi connectivity index (χ3n) is 3.08. The number of carbonyl (C=O) groups is 1. The molecule has 0 bridgehead atoms. The molecule has 8 heteroatoms. The molecule has 0 aliphatic rings. The van der Waals surface area contributed by atoms with Gasteiger partial charge in [-0.25, -0.2) is 9.88 Å². The number of hydrogen-bond acceptors (Lipinski definition) is 5. The summed E-state index contributed by atoms with van der Waals surface area (Å²) in [4.78, 5) is 28.2. The summed E-state index contributed by atoms with van der Waals surface area (Å²) in [5.41, 5.74) is -0.0459. The number of anilines is 1. The molecule has 2 rings (SSSR count). The van der Waals surface area contributed by atoms with Crippen LogP contribution < -0.4 is 15.2 Å². The normalized spacial score (nSPS) is 10.2. The minimum absolute atomic E-state index is 0.0459. The fourth-order valence-electron chi connectivity index (χ4n) is 2.00. The van der Waals surface area contributed by atoms with Crippen LogP contribution in [0.3, 0.4) is 0 Å². The Bertz CT molecular complexity index is 645. The number of aromatic nitrogens is 1. The topological polar surface area (TPSA) is 89.6 Å². The Morgan fingerprint density at radius 2 is 2.27 bits per heavy atom. The molecule has 1 amide bonds. The molecule has 0 saturated heterocycles. The first-order valence-corrected chi connectivity index (χ1v) is 7.69. The molecule has 0 fully saturated rings. The monoisotopic (exact) mass is 321 g/mol. The Balaban J connectivity index is 2.02. The van der Waals surface area contributed by atoms with Crippen LogP contribution in [0.2, 0.25) is 0 Å². The third-order valence-corrected chi connectivity index (χ3v) is 3.96. The van der Waals surface area contributed by atoms with Gasteiger partial charge in [-0.2, -0.15) is 0 Å². The summed E-state index contributed by atoms with van der Waals surface area (Å²) in [6, 6.07) is 6.84. The predicted octanol–water partition coefficient (Wildman–Crippen LogP) is 1.61. The second-order valence-corrected chi connectivity index (χ2v) is 5.56. The molecule has 0 saturated carbocycles. The highest BCUT2D eigenvalue weighted by Crippen LogP contribution is 2.21. The summed E-state index contributed by atoms with van der Waals surface area (Å²) < 4.78 is 0. The van der Waals surface area contributed by atoms with Gasteiger partial charge >= 0.3 is 11.5 Å². The maximum Gasteiger partial charge on any atom is 0.357 e. The lowest BCUT2D eigenvalue weighted by atomic mass is 10.3.